The minimum absolute atomic E-state index is 0.346. The Bertz CT molecular complexity index is 345. The first-order valence-electron chi connectivity index (χ1n) is 5.05. The summed E-state index contributed by atoms with van der Waals surface area (Å²) >= 11 is 1.55. The number of aromatic nitrogens is 1. The standard InChI is InChI=1S/C10H14N2O2S/c1-14-10(13)8-6-15-9(12-8)7-3-2-4-11-5-7/h6-7,11H,2-5H2,1H3. The topological polar surface area (TPSA) is 51.2 Å². The zero-order valence-electron chi connectivity index (χ0n) is 8.66. The molecule has 0 saturated carbocycles. The quantitative estimate of drug-likeness (QED) is 0.774. The Morgan fingerprint density at radius 1 is 1.73 bits per heavy atom. The van der Waals surface area contributed by atoms with Crippen LogP contribution in [-0.2, 0) is 4.74 Å². The van der Waals surface area contributed by atoms with Gasteiger partial charge in [-0.3, -0.25) is 0 Å². The fraction of sp³-hybridized carbons (Fsp3) is 0.600. The molecule has 1 aromatic rings. The summed E-state index contributed by atoms with van der Waals surface area (Å²) in [5, 5.41) is 6.15. The Morgan fingerprint density at radius 3 is 3.27 bits per heavy atom. The van der Waals surface area contributed by atoms with Crippen LogP contribution in [0.25, 0.3) is 0 Å². The second kappa shape index (κ2) is 4.72. The van der Waals surface area contributed by atoms with Crippen LogP contribution in [0.1, 0.15) is 34.3 Å². The molecular weight excluding hydrogens is 212 g/mol. The van der Waals surface area contributed by atoms with Gasteiger partial charge < -0.3 is 10.1 Å². The molecule has 1 aliphatic heterocycles. The van der Waals surface area contributed by atoms with E-state index in [-0.39, 0.29) is 5.97 Å². The van der Waals surface area contributed by atoms with Crippen LogP contribution in [-0.4, -0.2) is 31.2 Å². The average molecular weight is 226 g/mol. The van der Waals surface area contributed by atoms with Gasteiger partial charge in [0.2, 0.25) is 0 Å². The molecule has 4 nitrogen and oxygen atoms in total. The smallest absolute Gasteiger partial charge is 0.357 e. The van der Waals surface area contributed by atoms with E-state index >= 15 is 0 Å². The first-order valence-corrected chi connectivity index (χ1v) is 5.93. The lowest BCUT2D eigenvalue weighted by atomic mass is 10.0. The molecular formula is C10H14N2O2S. The first-order chi connectivity index (χ1) is 7.31. The van der Waals surface area contributed by atoms with Crippen molar-refractivity contribution in [1.82, 2.24) is 10.3 Å². The number of methoxy groups -OCH3 is 1. The van der Waals surface area contributed by atoms with E-state index in [1.54, 1.807) is 16.7 Å². The molecule has 1 unspecified atom stereocenters. The van der Waals surface area contributed by atoms with Crippen molar-refractivity contribution in [3.8, 4) is 0 Å². The largest absolute Gasteiger partial charge is 0.464 e. The van der Waals surface area contributed by atoms with Crippen molar-refractivity contribution in [1.29, 1.82) is 0 Å². The van der Waals surface area contributed by atoms with E-state index in [1.807, 2.05) is 0 Å². The number of hydrogen-bond donors (Lipinski definition) is 1. The molecule has 1 aliphatic rings. The summed E-state index contributed by atoms with van der Waals surface area (Å²) in [6.45, 7) is 2.06. The molecule has 15 heavy (non-hydrogen) atoms. The fourth-order valence-electron chi connectivity index (χ4n) is 1.74. The highest BCUT2D eigenvalue weighted by molar-refractivity contribution is 7.09. The van der Waals surface area contributed by atoms with Gasteiger partial charge in [-0.1, -0.05) is 0 Å². The summed E-state index contributed by atoms with van der Waals surface area (Å²) in [6, 6.07) is 0. The molecule has 1 fully saturated rings. The first kappa shape index (κ1) is 10.6. The highest BCUT2D eigenvalue weighted by Gasteiger charge is 2.20. The summed E-state index contributed by atoms with van der Waals surface area (Å²) in [6.07, 6.45) is 2.33. The Labute approximate surface area is 92.7 Å². The molecule has 1 N–H and O–H groups in total. The van der Waals surface area contributed by atoms with Crippen LogP contribution in [0.4, 0.5) is 0 Å². The minimum Gasteiger partial charge on any atom is -0.464 e. The second-order valence-electron chi connectivity index (χ2n) is 3.61. The molecule has 2 rings (SSSR count). The van der Waals surface area contributed by atoms with Crippen molar-refractivity contribution < 1.29 is 9.53 Å². The van der Waals surface area contributed by atoms with E-state index in [0.717, 1.165) is 24.5 Å². The van der Waals surface area contributed by atoms with Gasteiger partial charge in [0.1, 0.15) is 0 Å². The van der Waals surface area contributed by atoms with Crippen LogP contribution < -0.4 is 5.32 Å². The minimum atomic E-state index is -0.346. The Kier molecular flexibility index (Phi) is 3.33. The van der Waals surface area contributed by atoms with Crippen molar-refractivity contribution in [2.75, 3.05) is 20.2 Å². The molecule has 0 bridgehead atoms. The lowest BCUT2D eigenvalue weighted by molar-refractivity contribution is 0.0594. The number of esters is 1. The molecule has 5 heteroatoms. The lowest BCUT2D eigenvalue weighted by Crippen LogP contribution is -2.28. The molecule has 0 aromatic carbocycles. The number of carbonyl (C=O) groups is 1. The van der Waals surface area contributed by atoms with Crippen molar-refractivity contribution in [3.63, 3.8) is 0 Å². The molecule has 1 atom stereocenters. The van der Waals surface area contributed by atoms with E-state index < -0.39 is 0 Å². The number of rotatable bonds is 2. The maximum atomic E-state index is 11.2. The molecule has 0 amide bonds. The Hall–Kier alpha value is -0.940. The molecule has 0 aliphatic carbocycles. The van der Waals surface area contributed by atoms with Gasteiger partial charge >= 0.3 is 5.97 Å². The number of nitrogens with one attached hydrogen (secondary N) is 1. The summed E-state index contributed by atoms with van der Waals surface area (Å²) in [5.41, 5.74) is 0.433. The third kappa shape index (κ3) is 2.35. The molecule has 0 spiro atoms. The third-order valence-corrected chi connectivity index (χ3v) is 3.57. The number of hydrogen-bond acceptors (Lipinski definition) is 5. The molecule has 82 valence electrons. The second-order valence-corrected chi connectivity index (χ2v) is 4.50. The summed E-state index contributed by atoms with van der Waals surface area (Å²) < 4.78 is 4.63. The Morgan fingerprint density at radius 2 is 2.60 bits per heavy atom. The van der Waals surface area contributed by atoms with E-state index in [9.17, 15) is 4.79 Å². The highest BCUT2D eigenvalue weighted by Crippen LogP contribution is 2.26. The van der Waals surface area contributed by atoms with Gasteiger partial charge in [-0.2, -0.15) is 0 Å². The van der Waals surface area contributed by atoms with E-state index in [1.165, 1.54) is 13.5 Å². The molecule has 1 aromatic heterocycles. The average Bonchev–Trinajstić information content (AvgIpc) is 2.78. The normalized spacial score (nSPS) is 21.3. The van der Waals surface area contributed by atoms with Gasteiger partial charge in [0, 0.05) is 17.8 Å². The zero-order valence-corrected chi connectivity index (χ0v) is 9.47. The van der Waals surface area contributed by atoms with E-state index in [0.29, 0.717) is 11.6 Å². The van der Waals surface area contributed by atoms with Gasteiger partial charge in [0.05, 0.1) is 12.1 Å². The summed E-state index contributed by atoms with van der Waals surface area (Å²) in [7, 11) is 1.38. The van der Waals surface area contributed by atoms with Gasteiger partial charge in [-0.05, 0) is 19.4 Å². The number of thiazole rings is 1. The predicted molar refractivity (Wildman–Crippen MR) is 58.3 cm³/mol. The van der Waals surface area contributed by atoms with Gasteiger partial charge in [0.25, 0.3) is 0 Å². The number of nitrogens with zero attached hydrogens (tertiary/aromatic N) is 1. The van der Waals surface area contributed by atoms with Crippen molar-refractivity contribution in [2.24, 2.45) is 0 Å². The number of piperidine rings is 1. The maximum Gasteiger partial charge on any atom is 0.357 e. The zero-order chi connectivity index (χ0) is 10.7. The SMILES string of the molecule is COC(=O)c1csc(C2CCCNC2)n1. The molecule has 0 radical (unpaired) electrons. The van der Waals surface area contributed by atoms with Crippen molar-refractivity contribution >= 4 is 17.3 Å². The Balaban J connectivity index is 2.08. The van der Waals surface area contributed by atoms with E-state index in [4.69, 9.17) is 0 Å². The van der Waals surface area contributed by atoms with Gasteiger partial charge in [0.15, 0.2) is 5.69 Å². The number of carbonyl (C=O) groups excluding carboxylic acids is 1. The molecule has 1 saturated heterocycles. The van der Waals surface area contributed by atoms with Crippen molar-refractivity contribution in [3.05, 3.63) is 16.1 Å². The van der Waals surface area contributed by atoms with Gasteiger partial charge in [-0.25, -0.2) is 9.78 Å². The van der Waals surface area contributed by atoms with Crippen LogP contribution in [0.3, 0.4) is 0 Å². The fourth-order valence-corrected chi connectivity index (χ4v) is 2.66. The maximum absolute atomic E-state index is 11.2. The number of ether oxygens (including phenoxy) is 1. The van der Waals surface area contributed by atoms with Crippen LogP contribution in [0, 0.1) is 0 Å². The van der Waals surface area contributed by atoms with Crippen LogP contribution in [0.15, 0.2) is 5.38 Å². The van der Waals surface area contributed by atoms with Crippen molar-refractivity contribution in [2.45, 2.75) is 18.8 Å². The van der Waals surface area contributed by atoms with E-state index in [2.05, 4.69) is 15.0 Å². The van der Waals surface area contributed by atoms with Crippen LogP contribution in [0.2, 0.25) is 0 Å². The third-order valence-electron chi connectivity index (χ3n) is 2.56. The summed E-state index contributed by atoms with van der Waals surface area (Å²) in [5.74, 6) is 0.114. The lowest BCUT2D eigenvalue weighted by Gasteiger charge is -2.20. The summed E-state index contributed by atoms with van der Waals surface area (Å²) in [4.78, 5) is 15.5. The van der Waals surface area contributed by atoms with Crippen LogP contribution >= 0.6 is 11.3 Å². The monoisotopic (exact) mass is 226 g/mol. The highest BCUT2D eigenvalue weighted by atomic mass is 32.1. The van der Waals surface area contributed by atoms with Crippen LogP contribution in [0.5, 0.6) is 0 Å². The predicted octanol–water partition coefficient (Wildman–Crippen LogP) is 1.40. The molecule has 2 heterocycles. The van der Waals surface area contributed by atoms with Gasteiger partial charge in [-0.15, -0.1) is 11.3 Å².